The lowest BCUT2D eigenvalue weighted by atomic mass is 9.87. The maximum atomic E-state index is 13.2. The van der Waals surface area contributed by atoms with Crippen LogP contribution in [0.25, 0.3) is 0 Å². The molecule has 0 bridgehead atoms. The monoisotopic (exact) mass is 376 g/mol. The lowest BCUT2D eigenvalue weighted by molar-refractivity contribution is -0.124. The van der Waals surface area contributed by atoms with Gasteiger partial charge in [-0.25, -0.2) is 0 Å². The first-order valence-electron chi connectivity index (χ1n) is 10.7. The van der Waals surface area contributed by atoms with Crippen LogP contribution in [0.5, 0.6) is 0 Å². The lowest BCUT2D eigenvalue weighted by Crippen LogP contribution is -2.43. The van der Waals surface area contributed by atoms with Crippen LogP contribution in [0.2, 0.25) is 0 Å². The molecule has 4 rings (SSSR count). The summed E-state index contributed by atoms with van der Waals surface area (Å²) in [5.74, 6) is 1.74. The van der Waals surface area contributed by atoms with E-state index in [9.17, 15) is 4.79 Å². The number of carbonyl (C=O) groups excluding carboxylic acids is 1. The third-order valence-corrected chi connectivity index (χ3v) is 6.62. The molecule has 1 saturated carbocycles. The first-order valence-corrected chi connectivity index (χ1v) is 10.7. The van der Waals surface area contributed by atoms with Crippen molar-refractivity contribution in [1.82, 2.24) is 10.2 Å². The van der Waals surface area contributed by atoms with Gasteiger partial charge in [0, 0.05) is 25.7 Å². The predicted molar refractivity (Wildman–Crippen MR) is 114 cm³/mol. The summed E-state index contributed by atoms with van der Waals surface area (Å²) < 4.78 is 0. The first-order chi connectivity index (χ1) is 13.6. The molecule has 28 heavy (non-hydrogen) atoms. The molecule has 1 unspecified atom stereocenters. The minimum Gasteiger partial charge on any atom is -0.352 e. The Balaban J connectivity index is 1.39. The summed E-state index contributed by atoms with van der Waals surface area (Å²) in [5.41, 5.74) is 2.51. The Morgan fingerprint density at radius 2 is 1.68 bits per heavy atom. The quantitative estimate of drug-likeness (QED) is 0.808. The fourth-order valence-electron chi connectivity index (χ4n) is 5.28. The van der Waals surface area contributed by atoms with Gasteiger partial charge in [-0.15, -0.1) is 0 Å². The van der Waals surface area contributed by atoms with Gasteiger partial charge in [-0.1, -0.05) is 74.5 Å². The van der Waals surface area contributed by atoms with E-state index < -0.39 is 0 Å². The molecule has 0 spiro atoms. The Hall–Kier alpha value is -2.13. The number of nitrogens with zero attached hydrogens (tertiary/aromatic N) is 1. The molecule has 2 fully saturated rings. The molecule has 4 atom stereocenters. The smallest absolute Gasteiger partial charge is 0.228 e. The Morgan fingerprint density at radius 3 is 2.36 bits per heavy atom. The number of hydrogen-bond donors (Lipinski definition) is 1. The van der Waals surface area contributed by atoms with Gasteiger partial charge in [0.2, 0.25) is 5.91 Å². The molecule has 2 aromatic rings. The van der Waals surface area contributed by atoms with Crippen LogP contribution >= 0.6 is 0 Å². The van der Waals surface area contributed by atoms with E-state index in [1.54, 1.807) is 0 Å². The average Bonchev–Trinajstić information content (AvgIpc) is 3.24. The highest BCUT2D eigenvalue weighted by atomic mass is 16.2. The third-order valence-electron chi connectivity index (χ3n) is 6.62. The van der Waals surface area contributed by atoms with Crippen molar-refractivity contribution in [2.24, 2.45) is 17.8 Å². The summed E-state index contributed by atoms with van der Waals surface area (Å²) in [6, 6.07) is 21.3. The Kier molecular flexibility index (Phi) is 5.82. The number of rotatable bonds is 6. The van der Waals surface area contributed by atoms with E-state index in [0.29, 0.717) is 12.0 Å². The van der Waals surface area contributed by atoms with Gasteiger partial charge >= 0.3 is 0 Å². The molecule has 3 nitrogen and oxygen atoms in total. The fourth-order valence-corrected chi connectivity index (χ4v) is 5.28. The van der Waals surface area contributed by atoms with Crippen LogP contribution in [0, 0.1) is 17.8 Å². The molecule has 1 N–H and O–H groups in total. The predicted octanol–water partition coefficient (Wildman–Crippen LogP) is 4.45. The molecule has 0 aromatic heterocycles. The van der Waals surface area contributed by atoms with E-state index in [0.717, 1.165) is 37.5 Å². The Labute approximate surface area is 169 Å². The summed E-state index contributed by atoms with van der Waals surface area (Å²) in [6.45, 7) is 7.57. The van der Waals surface area contributed by atoms with Crippen molar-refractivity contribution in [2.75, 3.05) is 13.1 Å². The largest absolute Gasteiger partial charge is 0.352 e. The zero-order chi connectivity index (χ0) is 19.5. The third kappa shape index (κ3) is 4.15. The fraction of sp³-hybridized carbons (Fsp3) is 0.480. The maximum Gasteiger partial charge on any atom is 0.228 e. The number of amides is 1. The number of likely N-dealkylation sites (tertiary alicyclic amines) is 1. The summed E-state index contributed by atoms with van der Waals surface area (Å²) in [5, 5.41) is 3.45. The van der Waals surface area contributed by atoms with Crippen molar-refractivity contribution < 1.29 is 4.79 Å². The molecule has 1 aliphatic heterocycles. The molecule has 0 radical (unpaired) electrons. The van der Waals surface area contributed by atoms with Crippen LogP contribution in [0.15, 0.2) is 60.7 Å². The van der Waals surface area contributed by atoms with Crippen molar-refractivity contribution in [2.45, 2.75) is 45.2 Å². The zero-order valence-corrected chi connectivity index (χ0v) is 17.1. The topological polar surface area (TPSA) is 32.3 Å². The lowest BCUT2D eigenvalue weighted by Gasteiger charge is -2.26. The van der Waals surface area contributed by atoms with E-state index >= 15 is 0 Å². The molecule has 3 heteroatoms. The second-order valence-electron chi connectivity index (χ2n) is 8.93. The van der Waals surface area contributed by atoms with Crippen molar-refractivity contribution in [3.63, 3.8) is 0 Å². The second-order valence-corrected chi connectivity index (χ2v) is 8.93. The van der Waals surface area contributed by atoms with Crippen LogP contribution in [-0.2, 0) is 11.3 Å². The molecule has 1 heterocycles. The van der Waals surface area contributed by atoms with Gasteiger partial charge < -0.3 is 5.32 Å². The number of nitrogens with one attached hydrogen (secondary N) is 1. The average molecular weight is 377 g/mol. The summed E-state index contributed by atoms with van der Waals surface area (Å²) >= 11 is 0. The van der Waals surface area contributed by atoms with Crippen LogP contribution < -0.4 is 5.32 Å². The van der Waals surface area contributed by atoms with Crippen LogP contribution in [0.4, 0.5) is 0 Å². The zero-order valence-electron chi connectivity index (χ0n) is 17.1. The number of carbonyl (C=O) groups is 1. The van der Waals surface area contributed by atoms with E-state index in [2.05, 4.69) is 66.5 Å². The standard InChI is InChI=1S/C25H32N2O/c1-18(2)24(20-11-7-4-8-12-20)25(28)26-23-14-13-21-16-27(17-22(21)23)15-19-9-5-3-6-10-19/h3-12,18,21-24H,13-17H2,1-2H3,(H,26,28)/t21-,22+,23-,24?/m0/s1. The van der Waals surface area contributed by atoms with Gasteiger partial charge in [-0.2, -0.15) is 0 Å². The van der Waals surface area contributed by atoms with E-state index in [4.69, 9.17) is 0 Å². The first kappa shape index (κ1) is 19.2. The highest BCUT2D eigenvalue weighted by molar-refractivity contribution is 5.84. The molecular weight excluding hydrogens is 344 g/mol. The number of benzene rings is 2. The maximum absolute atomic E-state index is 13.2. The molecular formula is C25H32N2O. The van der Waals surface area contributed by atoms with E-state index in [1.807, 2.05) is 18.2 Å². The minimum absolute atomic E-state index is 0.0675. The second kappa shape index (κ2) is 8.48. The Bertz CT molecular complexity index is 774. The van der Waals surface area contributed by atoms with Crippen molar-refractivity contribution in [3.8, 4) is 0 Å². The normalized spacial score (nSPS) is 25.6. The highest BCUT2D eigenvalue weighted by Gasteiger charge is 2.43. The molecule has 2 aliphatic rings. The minimum atomic E-state index is -0.0675. The number of fused-ring (bicyclic) bond motifs is 1. The van der Waals surface area contributed by atoms with Gasteiger partial charge in [0.05, 0.1) is 5.92 Å². The highest BCUT2D eigenvalue weighted by Crippen LogP contribution is 2.39. The van der Waals surface area contributed by atoms with Crippen LogP contribution in [0.3, 0.4) is 0 Å². The van der Waals surface area contributed by atoms with Gasteiger partial charge in [-0.3, -0.25) is 9.69 Å². The van der Waals surface area contributed by atoms with Crippen molar-refractivity contribution in [3.05, 3.63) is 71.8 Å². The summed E-state index contributed by atoms with van der Waals surface area (Å²) in [6.07, 6.45) is 2.36. The van der Waals surface area contributed by atoms with Crippen LogP contribution in [-0.4, -0.2) is 29.9 Å². The summed E-state index contributed by atoms with van der Waals surface area (Å²) in [4.78, 5) is 15.7. The van der Waals surface area contributed by atoms with Gasteiger partial charge in [0.15, 0.2) is 0 Å². The van der Waals surface area contributed by atoms with E-state index in [1.165, 1.54) is 12.0 Å². The molecule has 1 amide bonds. The van der Waals surface area contributed by atoms with Crippen LogP contribution in [0.1, 0.15) is 43.7 Å². The summed E-state index contributed by atoms with van der Waals surface area (Å²) in [7, 11) is 0. The SMILES string of the molecule is CC(C)C(C(=O)N[C@H]1CC[C@H]2CN(Cc3ccccc3)C[C@H]21)c1ccccc1. The van der Waals surface area contributed by atoms with Gasteiger partial charge in [-0.05, 0) is 41.7 Å². The number of hydrogen-bond acceptors (Lipinski definition) is 2. The molecule has 2 aromatic carbocycles. The van der Waals surface area contributed by atoms with Gasteiger partial charge in [0.1, 0.15) is 0 Å². The van der Waals surface area contributed by atoms with Crippen molar-refractivity contribution in [1.29, 1.82) is 0 Å². The molecule has 148 valence electrons. The van der Waals surface area contributed by atoms with Crippen molar-refractivity contribution >= 4 is 5.91 Å². The van der Waals surface area contributed by atoms with Gasteiger partial charge in [0.25, 0.3) is 0 Å². The van der Waals surface area contributed by atoms with E-state index in [-0.39, 0.29) is 17.7 Å². The molecule has 1 saturated heterocycles. The Morgan fingerprint density at radius 1 is 1.00 bits per heavy atom. The molecule has 1 aliphatic carbocycles.